The minimum Gasteiger partial charge on any atom is -0.134 e. The lowest BCUT2D eigenvalue weighted by Crippen LogP contribution is -1.94. The molecule has 1 atom stereocenters. The maximum atomic E-state index is 2.43. The van der Waals surface area contributed by atoms with Crippen LogP contribution in [0.3, 0.4) is 0 Å². The smallest absolute Gasteiger partial charge is 0.00375 e. The molecule has 0 radical (unpaired) electrons. The van der Waals surface area contributed by atoms with E-state index >= 15 is 0 Å². The third kappa shape index (κ3) is 1.97. The van der Waals surface area contributed by atoms with Crippen LogP contribution in [0.4, 0.5) is 0 Å². The number of allylic oxidation sites excluding steroid dienone is 1. The molecule has 0 nitrogen and oxygen atoms in total. The summed E-state index contributed by atoms with van der Waals surface area (Å²) in [6.07, 6.45) is 3.69. The van der Waals surface area contributed by atoms with Gasteiger partial charge in [-0.3, -0.25) is 0 Å². The zero-order valence-electron chi connectivity index (χ0n) is 4.64. The first-order valence-electron chi connectivity index (χ1n) is 2.77. The molecule has 0 aromatic heterocycles. The molecule has 0 aliphatic carbocycles. The van der Waals surface area contributed by atoms with Crippen LogP contribution >= 0.6 is 34.4 Å². The number of alkyl halides is 1. The third-order valence-corrected chi connectivity index (χ3v) is 2.83. The molecule has 0 fully saturated rings. The molecule has 0 N–H and O–H groups in total. The molecule has 0 bridgehead atoms. The maximum absolute atomic E-state index is 2.43. The lowest BCUT2D eigenvalue weighted by molar-refractivity contribution is 0.733. The van der Waals surface area contributed by atoms with E-state index in [9.17, 15) is 0 Å². The van der Waals surface area contributed by atoms with Gasteiger partial charge in [0.1, 0.15) is 0 Å². The van der Waals surface area contributed by atoms with Gasteiger partial charge in [-0.15, -0.1) is 11.8 Å². The lowest BCUT2D eigenvalue weighted by atomic mass is 10.1. The summed E-state index contributed by atoms with van der Waals surface area (Å²) >= 11 is 4.37. The molecule has 1 rings (SSSR count). The minimum absolute atomic E-state index is 0.886. The predicted octanol–water partition coefficient (Wildman–Crippen LogP) is 2.69. The fourth-order valence-electron chi connectivity index (χ4n) is 0.721. The summed E-state index contributed by atoms with van der Waals surface area (Å²) in [6.45, 7) is 0. The summed E-state index contributed by atoms with van der Waals surface area (Å²) in [7, 11) is 0. The molecule has 0 amide bonds. The van der Waals surface area contributed by atoms with Gasteiger partial charge in [0.2, 0.25) is 0 Å². The van der Waals surface area contributed by atoms with E-state index < -0.39 is 0 Å². The van der Waals surface area contributed by atoms with E-state index in [1.165, 1.54) is 16.6 Å². The van der Waals surface area contributed by atoms with Gasteiger partial charge in [-0.2, -0.15) is 0 Å². The van der Waals surface area contributed by atoms with Crippen molar-refractivity contribution in [3.8, 4) is 0 Å². The molecule has 0 aromatic carbocycles. The Bertz CT molecular complexity index is 90.5. The maximum Gasteiger partial charge on any atom is 0.00375 e. The molecular formula is C6H9IS. The summed E-state index contributed by atoms with van der Waals surface area (Å²) in [4.78, 5) is 0. The van der Waals surface area contributed by atoms with Crippen LogP contribution in [0.1, 0.15) is 6.42 Å². The van der Waals surface area contributed by atoms with Gasteiger partial charge in [0.05, 0.1) is 0 Å². The Morgan fingerprint density at radius 1 is 1.75 bits per heavy atom. The first-order chi connectivity index (χ1) is 3.93. The average molecular weight is 240 g/mol. The van der Waals surface area contributed by atoms with E-state index in [-0.39, 0.29) is 0 Å². The van der Waals surface area contributed by atoms with Crippen molar-refractivity contribution in [3.05, 3.63) is 11.5 Å². The molecule has 0 saturated carbocycles. The zero-order valence-corrected chi connectivity index (χ0v) is 7.61. The molecule has 1 aliphatic heterocycles. The minimum atomic E-state index is 0.886. The highest BCUT2D eigenvalue weighted by Crippen LogP contribution is 2.23. The zero-order chi connectivity index (χ0) is 5.82. The Kier molecular flexibility index (Phi) is 3.27. The van der Waals surface area contributed by atoms with Crippen LogP contribution in [0.25, 0.3) is 0 Å². The second-order valence-corrected chi connectivity index (χ2v) is 3.92. The van der Waals surface area contributed by atoms with Gasteiger partial charge in [0.25, 0.3) is 0 Å². The fourth-order valence-corrected chi connectivity index (χ4v) is 2.49. The van der Waals surface area contributed by atoms with Gasteiger partial charge in [-0.05, 0) is 17.7 Å². The van der Waals surface area contributed by atoms with E-state index in [1.54, 1.807) is 0 Å². The van der Waals surface area contributed by atoms with Crippen LogP contribution in [0, 0.1) is 5.92 Å². The largest absolute Gasteiger partial charge is 0.134 e. The van der Waals surface area contributed by atoms with E-state index in [0.717, 1.165) is 5.92 Å². The summed E-state index contributed by atoms with van der Waals surface area (Å²) in [5, 5.41) is 2.22. The van der Waals surface area contributed by atoms with E-state index in [1.807, 2.05) is 11.8 Å². The monoisotopic (exact) mass is 240 g/mol. The molecule has 0 spiro atoms. The van der Waals surface area contributed by atoms with Crippen LogP contribution in [0.15, 0.2) is 11.5 Å². The molecule has 8 heavy (non-hydrogen) atoms. The van der Waals surface area contributed by atoms with Crippen molar-refractivity contribution in [2.45, 2.75) is 6.42 Å². The Morgan fingerprint density at radius 3 is 3.12 bits per heavy atom. The van der Waals surface area contributed by atoms with Gasteiger partial charge < -0.3 is 0 Å². The molecule has 1 unspecified atom stereocenters. The van der Waals surface area contributed by atoms with Crippen molar-refractivity contribution < 1.29 is 0 Å². The SMILES string of the molecule is ICCC1C=CSC1. The van der Waals surface area contributed by atoms with E-state index in [2.05, 4.69) is 34.1 Å². The Hall–Kier alpha value is 0.820. The number of hydrogen-bond donors (Lipinski definition) is 0. The van der Waals surface area contributed by atoms with Crippen LogP contribution in [0.2, 0.25) is 0 Å². The topological polar surface area (TPSA) is 0 Å². The highest BCUT2D eigenvalue weighted by atomic mass is 127. The van der Waals surface area contributed by atoms with Gasteiger partial charge >= 0.3 is 0 Å². The molecule has 2 heteroatoms. The second-order valence-electron chi connectivity index (χ2n) is 1.90. The summed E-state index contributed by atoms with van der Waals surface area (Å²) < 4.78 is 1.30. The second kappa shape index (κ2) is 3.77. The molecule has 1 heterocycles. The number of halogens is 1. The van der Waals surface area contributed by atoms with E-state index in [0.29, 0.717) is 0 Å². The highest BCUT2D eigenvalue weighted by Gasteiger charge is 2.06. The van der Waals surface area contributed by atoms with Gasteiger partial charge in [-0.25, -0.2) is 0 Å². The first-order valence-corrected chi connectivity index (χ1v) is 5.35. The quantitative estimate of drug-likeness (QED) is 0.528. The van der Waals surface area contributed by atoms with Crippen molar-refractivity contribution >= 4 is 34.4 Å². The fraction of sp³-hybridized carbons (Fsp3) is 0.667. The van der Waals surface area contributed by atoms with Crippen molar-refractivity contribution in [2.75, 3.05) is 10.2 Å². The van der Waals surface area contributed by atoms with Crippen molar-refractivity contribution in [1.82, 2.24) is 0 Å². The van der Waals surface area contributed by atoms with Gasteiger partial charge in [0, 0.05) is 10.2 Å². The number of thioether (sulfide) groups is 1. The summed E-state index contributed by atoms with van der Waals surface area (Å²) in [5.74, 6) is 2.21. The number of rotatable bonds is 2. The Labute approximate surface area is 68.3 Å². The van der Waals surface area contributed by atoms with Crippen molar-refractivity contribution in [1.29, 1.82) is 0 Å². The van der Waals surface area contributed by atoms with Gasteiger partial charge in [0.15, 0.2) is 0 Å². The molecule has 0 aromatic rings. The van der Waals surface area contributed by atoms with Crippen LogP contribution < -0.4 is 0 Å². The summed E-state index contributed by atoms with van der Waals surface area (Å²) in [6, 6.07) is 0. The summed E-state index contributed by atoms with van der Waals surface area (Å²) in [5.41, 5.74) is 0. The third-order valence-electron chi connectivity index (χ3n) is 1.24. The standard InChI is InChI=1S/C6H9IS/c7-3-1-6-2-4-8-5-6/h2,4,6H,1,3,5H2. The Balaban J connectivity index is 2.16. The Morgan fingerprint density at radius 2 is 2.62 bits per heavy atom. The van der Waals surface area contributed by atoms with Crippen molar-refractivity contribution in [2.24, 2.45) is 5.92 Å². The van der Waals surface area contributed by atoms with Crippen LogP contribution in [-0.2, 0) is 0 Å². The molecular weight excluding hydrogens is 231 g/mol. The first kappa shape index (κ1) is 6.93. The average Bonchev–Trinajstić information content (AvgIpc) is 2.19. The van der Waals surface area contributed by atoms with Gasteiger partial charge in [-0.1, -0.05) is 28.7 Å². The van der Waals surface area contributed by atoms with Crippen molar-refractivity contribution in [3.63, 3.8) is 0 Å². The molecule has 0 saturated heterocycles. The highest BCUT2D eigenvalue weighted by molar-refractivity contribution is 14.1. The normalized spacial score (nSPS) is 26.9. The molecule has 46 valence electrons. The predicted molar refractivity (Wildman–Crippen MR) is 48.6 cm³/mol. The lowest BCUT2D eigenvalue weighted by Gasteiger charge is -2.00. The van der Waals surface area contributed by atoms with E-state index in [4.69, 9.17) is 0 Å². The van der Waals surface area contributed by atoms with Crippen LogP contribution in [-0.4, -0.2) is 10.2 Å². The van der Waals surface area contributed by atoms with Crippen LogP contribution in [0.5, 0.6) is 0 Å². The molecule has 1 aliphatic rings. The number of hydrogen-bond acceptors (Lipinski definition) is 1.